The molecule has 0 saturated carbocycles. The molecule has 1 saturated heterocycles. The highest BCUT2D eigenvalue weighted by Crippen LogP contribution is 2.30. The Labute approximate surface area is 83.3 Å². The van der Waals surface area contributed by atoms with Crippen molar-refractivity contribution in [2.45, 2.75) is 43.9 Å². The van der Waals surface area contributed by atoms with Gasteiger partial charge in [-0.25, -0.2) is 0 Å². The van der Waals surface area contributed by atoms with Crippen molar-refractivity contribution in [3.05, 3.63) is 0 Å². The fourth-order valence-corrected chi connectivity index (χ4v) is 1.77. The molecule has 0 aromatic carbocycles. The molecule has 14 heavy (non-hydrogen) atoms. The minimum atomic E-state index is -1.04. The summed E-state index contributed by atoms with van der Waals surface area (Å²) in [5.74, 6) is 0. The molecule has 5 heteroatoms. The molecule has 0 radical (unpaired) electrons. The van der Waals surface area contributed by atoms with Crippen LogP contribution in [0.15, 0.2) is 0 Å². The van der Waals surface area contributed by atoms with Gasteiger partial charge < -0.3 is 24.8 Å². The standard InChI is InChI=1S/C9H18O5/c1-9(2)8(12)6(11)7(13-3)5(4-10)14-9/h5-8,10-12H,4H2,1-3H3. The second-order valence-corrected chi connectivity index (χ2v) is 4.08. The van der Waals surface area contributed by atoms with Crippen LogP contribution >= 0.6 is 0 Å². The molecular weight excluding hydrogens is 188 g/mol. The Balaban J connectivity index is 2.82. The first kappa shape index (κ1) is 11.9. The molecule has 1 aliphatic rings. The molecule has 1 fully saturated rings. The Kier molecular flexibility index (Phi) is 3.49. The van der Waals surface area contributed by atoms with Crippen LogP contribution in [0.4, 0.5) is 0 Å². The van der Waals surface area contributed by atoms with Gasteiger partial charge in [0.05, 0.1) is 12.2 Å². The average molecular weight is 206 g/mol. The van der Waals surface area contributed by atoms with Gasteiger partial charge in [-0.3, -0.25) is 0 Å². The van der Waals surface area contributed by atoms with Gasteiger partial charge in [0.15, 0.2) is 0 Å². The highest BCUT2D eigenvalue weighted by Gasteiger charge is 2.48. The lowest BCUT2D eigenvalue weighted by Gasteiger charge is -2.46. The van der Waals surface area contributed by atoms with E-state index in [9.17, 15) is 10.2 Å². The van der Waals surface area contributed by atoms with Gasteiger partial charge in [0.2, 0.25) is 0 Å². The van der Waals surface area contributed by atoms with E-state index in [4.69, 9.17) is 14.6 Å². The van der Waals surface area contributed by atoms with E-state index in [1.807, 2.05) is 0 Å². The molecule has 0 aromatic rings. The minimum Gasteiger partial charge on any atom is -0.394 e. The van der Waals surface area contributed by atoms with E-state index in [2.05, 4.69) is 0 Å². The zero-order valence-electron chi connectivity index (χ0n) is 8.67. The minimum absolute atomic E-state index is 0.244. The molecule has 0 bridgehead atoms. The van der Waals surface area contributed by atoms with Crippen LogP contribution in [0.3, 0.4) is 0 Å². The van der Waals surface area contributed by atoms with Gasteiger partial charge in [-0.2, -0.15) is 0 Å². The Morgan fingerprint density at radius 2 is 1.93 bits per heavy atom. The maximum atomic E-state index is 9.71. The van der Waals surface area contributed by atoms with Gasteiger partial charge in [-0.1, -0.05) is 0 Å². The lowest BCUT2D eigenvalue weighted by Crippen LogP contribution is -2.63. The first-order valence-electron chi connectivity index (χ1n) is 4.61. The molecule has 0 spiro atoms. The summed E-state index contributed by atoms with van der Waals surface area (Å²) in [6.45, 7) is 3.08. The molecule has 1 rings (SSSR count). The predicted octanol–water partition coefficient (Wildman–Crippen LogP) is -1.11. The number of aliphatic hydroxyl groups is 3. The van der Waals surface area contributed by atoms with Crippen LogP contribution in [-0.2, 0) is 9.47 Å². The van der Waals surface area contributed by atoms with Crippen LogP contribution in [0, 0.1) is 0 Å². The van der Waals surface area contributed by atoms with E-state index in [1.54, 1.807) is 13.8 Å². The third-order valence-electron chi connectivity index (χ3n) is 2.65. The van der Waals surface area contributed by atoms with Crippen LogP contribution < -0.4 is 0 Å². The average Bonchev–Trinajstić information content (AvgIpc) is 2.14. The van der Waals surface area contributed by atoms with Crippen molar-refractivity contribution in [1.82, 2.24) is 0 Å². The first-order valence-corrected chi connectivity index (χ1v) is 4.61. The van der Waals surface area contributed by atoms with Crippen molar-refractivity contribution in [3.8, 4) is 0 Å². The lowest BCUT2D eigenvalue weighted by molar-refractivity contribution is -0.267. The van der Waals surface area contributed by atoms with E-state index >= 15 is 0 Å². The first-order chi connectivity index (χ1) is 6.44. The maximum Gasteiger partial charge on any atom is 0.114 e. The number of ether oxygens (including phenoxy) is 2. The molecule has 1 aliphatic heterocycles. The Hall–Kier alpha value is -0.200. The van der Waals surface area contributed by atoms with Crippen molar-refractivity contribution >= 4 is 0 Å². The monoisotopic (exact) mass is 206 g/mol. The molecule has 0 amide bonds. The van der Waals surface area contributed by atoms with Crippen molar-refractivity contribution in [2.24, 2.45) is 0 Å². The Bertz CT molecular complexity index is 192. The smallest absolute Gasteiger partial charge is 0.114 e. The fourth-order valence-electron chi connectivity index (χ4n) is 1.77. The maximum absolute atomic E-state index is 9.71. The van der Waals surface area contributed by atoms with Crippen molar-refractivity contribution in [1.29, 1.82) is 0 Å². The van der Waals surface area contributed by atoms with Gasteiger partial charge in [0.25, 0.3) is 0 Å². The zero-order valence-corrected chi connectivity index (χ0v) is 8.67. The number of aliphatic hydroxyl groups excluding tert-OH is 3. The highest BCUT2D eigenvalue weighted by molar-refractivity contribution is 4.97. The van der Waals surface area contributed by atoms with Gasteiger partial charge in [0, 0.05) is 7.11 Å². The second-order valence-electron chi connectivity index (χ2n) is 4.08. The third-order valence-corrected chi connectivity index (χ3v) is 2.65. The molecule has 3 N–H and O–H groups in total. The summed E-state index contributed by atoms with van der Waals surface area (Å²) < 4.78 is 10.4. The molecule has 84 valence electrons. The summed E-state index contributed by atoms with van der Waals surface area (Å²) in [5, 5.41) is 28.4. The van der Waals surface area contributed by atoms with Gasteiger partial charge in [0.1, 0.15) is 24.4 Å². The number of hydrogen-bond acceptors (Lipinski definition) is 5. The summed E-state index contributed by atoms with van der Waals surface area (Å²) >= 11 is 0. The molecule has 4 unspecified atom stereocenters. The third kappa shape index (κ3) is 1.92. The van der Waals surface area contributed by atoms with Crippen LogP contribution in [0.5, 0.6) is 0 Å². The van der Waals surface area contributed by atoms with Gasteiger partial charge in [-0.05, 0) is 13.8 Å². The van der Waals surface area contributed by atoms with Crippen LogP contribution in [0.1, 0.15) is 13.8 Å². The topological polar surface area (TPSA) is 79.2 Å². The van der Waals surface area contributed by atoms with E-state index in [-0.39, 0.29) is 6.61 Å². The summed E-state index contributed by atoms with van der Waals surface area (Å²) in [5.41, 5.74) is -0.873. The van der Waals surface area contributed by atoms with Crippen LogP contribution in [-0.4, -0.2) is 59.1 Å². The number of methoxy groups -OCH3 is 1. The molecule has 0 aliphatic carbocycles. The van der Waals surface area contributed by atoms with Crippen molar-refractivity contribution < 1.29 is 24.8 Å². The summed E-state index contributed by atoms with van der Waals surface area (Å²) in [7, 11) is 1.41. The number of hydrogen-bond donors (Lipinski definition) is 3. The second kappa shape index (κ2) is 4.12. The molecule has 0 aromatic heterocycles. The Morgan fingerprint density at radius 3 is 2.36 bits per heavy atom. The van der Waals surface area contributed by atoms with Crippen molar-refractivity contribution in [2.75, 3.05) is 13.7 Å². The van der Waals surface area contributed by atoms with E-state index in [1.165, 1.54) is 7.11 Å². The van der Waals surface area contributed by atoms with E-state index in [0.717, 1.165) is 0 Å². The summed E-state index contributed by atoms with van der Waals surface area (Å²) in [6, 6.07) is 0. The normalized spacial score (nSPS) is 42.4. The summed E-state index contributed by atoms with van der Waals surface area (Å²) in [6.07, 6.45) is -3.35. The quantitative estimate of drug-likeness (QED) is 0.534. The molecule has 1 heterocycles. The van der Waals surface area contributed by atoms with Gasteiger partial charge >= 0.3 is 0 Å². The molecular formula is C9H18O5. The van der Waals surface area contributed by atoms with E-state index in [0.29, 0.717) is 0 Å². The molecule has 4 atom stereocenters. The lowest BCUT2D eigenvalue weighted by atomic mass is 9.87. The SMILES string of the molecule is COC1C(CO)OC(C)(C)C(O)C1O. The highest BCUT2D eigenvalue weighted by atomic mass is 16.6. The summed E-state index contributed by atoms with van der Waals surface area (Å²) in [4.78, 5) is 0. The molecule has 5 nitrogen and oxygen atoms in total. The zero-order chi connectivity index (χ0) is 10.9. The van der Waals surface area contributed by atoms with E-state index < -0.39 is 30.0 Å². The van der Waals surface area contributed by atoms with Crippen LogP contribution in [0.2, 0.25) is 0 Å². The predicted molar refractivity (Wildman–Crippen MR) is 48.8 cm³/mol. The fraction of sp³-hybridized carbons (Fsp3) is 1.00. The largest absolute Gasteiger partial charge is 0.394 e. The van der Waals surface area contributed by atoms with Crippen molar-refractivity contribution in [3.63, 3.8) is 0 Å². The van der Waals surface area contributed by atoms with Crippen LogP contribution in [0.25, 0.3) is 0 Å². The Morgan fingerprint density at radius 1 is 1.36 bits per heavy atom. The number of rotatable bonds is 2. The van der Waals surface area contributed by atoms with Gasteiger partial charge in [-0.15, -0.1) is 0 Å².